The number of hydrogen-bond acceptors (Lipinski definition) is 3. The van der Waals surface area contributed by atoms with Gasteiger partial charge in [-0.15, -0.1) is 0 Å². The average molecular weight is 271 g/mol. The topological polar surface area (TPSA) is 91.9 Å². The number of nitrogens with zero attached hydrogens (tertiary/aromatic N) is 4. The van der Waals surface area contributed by atoms with Crippen LogP contribution in [0.15, 0.2) is 15.7 Å². The molecule has 0 heterocycles. The summed E-state index contributed by atoms with van der Waals surface area (Å²) >= 11 is 3.18. The van der Waals surface area contributed by atoms with Gasteiger partial charge in [0.05, 0.1) is 4.92 Å². The van der Waals surface area contributed by atoms with E-state index in [0.29, 0.717) is 4.47 Å². The monoisotopic (exact) mass is 270 g/mol. The van der Waals surface area contributed by atoms with E-state index >= 15 is 0 Å². The van der Waals surface area contributed by atoms with Crippen molar-refractivity contribution in [1.29, 1.82) is 0 Å². The molecule has 0 saturated carbocycles. The van der Waals surface area contributed by atoms with Gasteiger partial charge in [0.15, 0.2) is 0 Å². The minimum absolute atomic E-state index is 0.0191. The summed E-state index contributed by atoms with van der Waals surface area (Å²) < 4.78 is 0.465. The van der Waals surface area contributed by atoms with E-state index in [0.717, 1.165) is 11.1 Å². The van der Waals surface area contributed by atoms with Crippen LogP contribution in [0.1, 0.15) is 11.1 Å². The highest BCUT2D eigenvalue weighted by Crippen LogP contribution is 2.39. The lowest BCUT2D eigenvalue weighted by Crippen LogP contribution is -1.93. The molecule has 1 rings (SSSR count). The Kier molecular flexibility index (Phi) is 3.28. The molecule has 1 aromatic carbocycles. The highest BCUT2D eigenvalue weighted by atomic mass is 79.9. The number of halogens is 1. The summed E-state index contributed by atoms with van der Waals surface area (Å²) in [6.07, 6.45) is 0. The highest BCUT2D eigenvalue weighted by molar-refractivity contribution is 9.10. The molecule has 6 nitrogen and oxygen atoms in total. The van der Waals surface area contributed by atoms with Crippen molar-refractivity contribution in [1.82, 2.24) is 0 Å². The second-order valence-corrected chi connectivity index (χ2v) is 3.74. The first-order valence-electron chi connectivity index (χ1n) is 3.98. The Morgan fingerprint density at radius 3 is 2.67 bits per heavy atom. The minimum Gasteiger partial charge on any atom is -0.258 e. The standard InChI is InChI=1S/C8H7BrN4O2/c1-4-3-6(13(14)15)8(11-12-10)7(9)5(4)2/h3H,1-2H3. The zero-order valence-corrected chi connectivity index (χ0v) is 9.65. The van der Waals surface area contributed by atoms with Gasteiger partial charge in [-0.2, -0.15) is 0 Å². The van der Waals surface area contributed by atoms with Crippen LogP contribution >= 0.6 is 15.9 Å². The Labute approximate surface area is 93.8 Å². The molecule has 0 bridgehead atoms. The smallest absolute Gasteiger partial charge is 0.258 e. The maximum Gasteiger partial charge on any atom is 0.280 e. The zero-order chi connectivity index (χ0) is 11.6. The number of benzene rings is 1. The van der Waals surface area contributed by atoms with Crippen molar-refractivity contribution in [2.24, 2.45) is 5.11 Å². The van der Waals surface area contributed by atoms with Crippen molar-refractivity contribution >= 4 is 27.3 Å². The average Bonchev–Trinajstić information content (AvgIpc) is 2.18. The number of hydrogen-bond donors (Lipinski definition) is 0. The van der Waals surface area contributed by atoms with Crippen molar-refractivity contribution in [3.63, 3.8) is 0 Å². The summed E-state index contributed by atoms with van der Waals surface area (Å²) in [5.41, 5.74) is 9.74. The Hall–Kier alpha value is -1.59. The molecule has 0 aliphatic heterocycles. The fourth-order valence-electron chi connectivity index (χ4n) is 1.12. The van der Waals surface area contributed by atoms with Gasteiger partial charge in [0, 0.05) is 15.5 Å². The van der Waals surface area contributed by atoms with E-state index in [-0.39, 0.29) is 11.4 Å². The summed E-state index contributed by atoms with van der Waals surface area (Å²) in [6.45, 7) is 3.55. The lowest BCUT2D eigenvalue weighted by Gasteiger charge is -2.06. The summed E-state index contributed by atoms with van der Waals surface area (Å²) in [4.78, 5) is 12.7. The van der Waals surface area contributed by atoms with Gasteiger partial charge in [-0.25, -0.2) is 0 Å². The van der Waals surface area contributed by atoms with E-state index in [4.69, 9.17) is 5.53 Å². The number of rotatable bonds is 2. The van der Waals surface area contributed by atoms with Gasteiger partial charge >= 0.3 is 0 Å². The SMILES string of the molecule is Cc1cc([N+](=O)[O-])c(N=[N+]=[N-])c(Br)c1C. The molecule has 0 spiro atoms. The molecule has 15 heavy (non-hydrogen) atoms. The van der Waals surface area contributed by atoms with Crippen LogP contribution in [0.3, 0.4) is 0 Å². The lowest BCUT2D eigenvalue weighted by atomic mass is 10.1. The molecule has 0 atom stereocenters. The van der Waals surface area contributed by atoms with E-state index in [2.05, 4.69) is 26.0 Å². The lowest BCUT2D eigenvalue weighted by molar-refractivity contribution is -0.384. The van der Waals surface area contributed by atoms with Crippen LogP contribution in [0.4, 0.5) is 11.4 Å². The predicted molar refractivity (Wildman–Crippen MR) is 59.1 cm³/mol. The van der Waals surface area contributed by atoms with Crippen molar-refractivity contribution in [3.05, 3.63) is 42.2 Å². The Morgan fingerprint density at radius 1 is 1.60 bits per heavy atom. The normalized spacial score (nSPS) is 9.53. The second kappa shape index (κ2) is 4.29. The Morgan fingerprint density at radius 2 is 2.20 bits per heavy atom. The van der Waals surface area contributed by atoms with Gasteiger partial charge in [-0.3, -0.25) is 10.1 Å². The molecule has 0 fully saturated rings. The van der Waals surface area contributed by atoms with Crippen molar-refractivity contribution < 1.29 is 4.92 Å². The molecule has 0 aliphatic rings. The van der Waals surface area contributed by atoms with Crippen LogP contribution in [0.5, 0.6) is 0 Å². The van der Waals surface area contributed by atoms with Crippen LogP contribution in [-0.2, 0) is 0 Å². The summed E-state index contributed by atoms with van der Waals surface area (Å²) in [6, 6.07) is 1.39. The van der Waals surface area contributed by atoms with Crippen LogP contribution in [0.25, 0.3) is 10.4 Å². The quantitative estimate of drug-likeness (QED) is 0.268. The largest absolute Gasteiger partial charge is 0.280 e. The van der Waals surface area contributed by atoms with Gasteiger partial charge in [0.1, 0.15) is 5.69 Å². The third-order valence-electron chi connectivity index (χ3n) is 2.07. The molecule has 0 aliphatic carbocycles. The third-order valence-corrected chi connectivity index (χ3v) is 3.04. The van der Waals surface area contributed by atoms with Gasteiger partial charge in [0.2, 0.25) is 0 Å². The molecule has 0 amide bonds. The van der Waals surface area contributed by atoms with Crippen LogP contribution in [-0.4, -0.2) is 4.92 Å². The molecule has 0 N–H and O–H groups in total. The van der Waals surface area contributed by atoms with E-state index in [9.17, 15) is 10.1 Å². The van der Waals surface area contributed by atoms with E-state index in [1.165, 1.54) is 6.07 Å². The highest BCUT2D eigenvalue weighted by Gasteiger charge is 2.18. The molecular formula is C8H7BrN4O2. The van der Waals surface area contributed by atoms with E-state index in [1.54, 1.807) is 13.8 Å². The van der Waals surface area contributed by atoms with Crippen LogP contribution in [0.2, 0.25) is 0 Å². The molecule has 0 unspecified atom stereocenters. The molecule has 1 aromatic rings. The molecule has 7 heteroatoms. The van der Waals surface area contributed by atoms with Gasteiger partial charge in [0.25, 0.3) is 5.69 Å². The zero-order valence-electron chi connectivity index (χ0n) is 8.06. The van der Waals surface area contributed by atoms with Gasteiger partial charge in [-0.1, -0.05) is 5.11 Å². The number of nitro groups is 1. The van der Waals surface area contributed by atoms with E-state index in [1.807, 2.05) is 0 Å². The number of aryl methyl sites for hydroxylation is 1. The maximum atomic E-state index is 10.7. The number of nitro benzene ring substituents is 1. The summed E-state index contributed by atoms with van der Waals surface area (Å²) in [5, 5.41) is 14.0. The fourth-order valence-corrected chi connectivity index (χ4v) is 1.72. The first-order chi connectivity index (χ1) is 6.99. The molecule has 78 valence electrons. The molecular weight excluding hydrogens is 264 g/mol. The van der Waals surface area contributed by atoms with Crippen LogP contribution in [0, 0.1) is 24.0 Å². The van der Waals surface area contributed by atoms with Gasteiger partial charge in [-0.05, 0) is 46.4 Å². The van der Waals surface area contributed by atoms with Crippen molar-refractivity contribution in [2.75, 3.05) is 0 Å². The third kappa shape index (κ3) is 2.08. The van der Waals surface area contributed by atoms with Crippen molar-refractivity contribution in [2.45, 2.75) is 13.8 Å². The first kappa shape index (κ1) is 11.5. The second-order valence-electron chi connectivity index (χ2n) is 2.95. The first-order valence-corrected chi connectivity index (χ1v) is 4.77. The molecule has 0 aromatic heterocycles. The Balaban J connectivity index is 3.64. The summed E-state index contributed by atoms with van der Waals surface area (Å²) in [5.74, 6) is 0. The number of azide groups is 1. The molecule has 0 radical (unpaired) electrons. The van der Waals surface area contributed by atoms with E-state index < -0.39 is 4.92 Å². The Bertz CT molecular complexity index is 480. The van der Waals surface area contributed by atoms with Crippen LogP contribution < -0.4 is 0 Å². The minimum atomic E-state index is -0.568. The molecule has 0 saturated heterocycles. The maximum absolute atomic E-state index is 10.7. The predicted octanol–water partition coefficient (Wildman–Crippen LogP) is 3.92. The van der Waals surface area contributed by atoms with Crippen molar-refractivity contribution in [3.8, 4) is 0 Å². The van der Waals surface area contributed by atoms with Gasteiger partial charge < -0.3 is 0 Å². The summed E-state index contributed by atoms with van der Waals surface area (Å²) in [7, 11) is 0. The fraction of sp³-hybridized carbons (Fsp3) is 0.250.